The zero-order valence-electron chi connectivity index (χ0n) is 18.4. The highest BCUT2D eigenvalue weighted by atomic mass is 35.5. The first-order chi connectivity index (χ1) is 13.7. The first kappa shape index (κ1) is 22.5. The number of anilines is 1. The van der Waals surface area contributed by atoms with Crippen LogP contribution in [0.25, 0.3) is 0 Å². The maximum atomic E-state index is 13.4. The topological polar surface area (TPSA) is 49.7 Å². The number of amides is 1. The summed E-state index contributed by atoms with van der Waals surface area (Å²) in [5, 5.41) is 6.57. The molecule has 6 heteroatoms. The predicted octanol–water partition coefficient (Wildman–Crippen LogP) is 6.54. The fourth-order valence-corrected chi connectivity index (χ4v) is 3.90. The summed E-state index contributed by atoms with van der Waals surface area (Å²) in [6.45, 7) is 13.8. The minimum absolute atomic E-state index is 0.0223. The van der Waals surface area contributed by atoms with E-state index in [4.69, 9.17) is 23.2 Å². The average molecular weight is 445 g/mol. The average Bonchev–Trinajstić information content (AvgIpc) is 2.90. The molecule has 1 aliphatic heterocycles. The van der Waals surface area contributed by atoms with Crippen molar-refractivity contribution in [2.24, 2.45) is 15.9 Å². The molecule has 0 N–H and O–H groups in total. The maximum absolute atomic E-state index is 13.4. The number of rotatable bonds is 1. The molecule has 0 fully saturated rings. The minimum Gasteiger partial charge on any atom is -0.289 e. The fraction of sp³-hybridized carbons (Fsp3) is 0.375. The summed E-state index contributed by atoms with van der Waals surface area (Å²) < 4.78 is 0. The van der Waals surface area contributed by atoms with Crippen molar-refractivity contribution in [2.75, 3.05) is 5.01 Å². The molecule has 158 valence electrons. The number of ketones is 1. The van der Waals surface area contributed by atoms with Gasteiger partial charge in [0.2, 0.25) is 0 Å². The first-order valence-corrected chi connectivity index (χ1v) is 10.6. The monoisotopic (exact) mass is 444 g/mol. The number of benzene rings is 1. The quantitative estimate of drug-likeness (QED) is 0.461. The summed E-state index contributed by atoms with van der Waals surface area (Å²) in [7, 11) is 0. The van der Waals surface area contributed by atoms with Gasteiger partial charge in [0.15, 0.2) is 5.78 Å². The lowest BCUT2D eigenvalue weighted by Crippen LogP contribution is -2.29. The van der Waals surface area contributed by atoms with Gasteiger partial charge in [0, 0.05) is 16.2 Å². The fourth-order valence-electron chi connectivity index (χ4n) is 3.54. The molecule has 0 aromatic heterocycles. The summed E-state index contributed by atoms with van der Waals surface area (Å²) >= 11 is 12.4. The summed E-state index contributed by atoms with van der Waals surface area (Å²) in [6, 6.07) is 4.91. The molecule has 0 saturated heterocycles. The zero-order valence-corrected chi connectivity index (χ0v) is 19.9. The third-order valence-electron chi connectivity index (χ3n) is 5.15. The van der Waals surface area contributed by atoms with Crippen LogP contribution in [0, 0.1) is 10.8 Å². The molecule has 1 aromatic carbocycles. The molecule has 0 spiro atoms. The highest BCUT2D eigenvalue weighted by Gasteiger charge is 2.37. The SMILES string of the molecule is CC1=NN(c2cc(Cl)ccc2Cl)C(=O)C1=C1C=C(C(C)(C)C)C(=O)C(C(C)(C)C)=C1. The summed E-state index contributed by atoms with van der Waals surface area (Å²) in [6.07, 6.45) is 3.65. The molecule has 1 aromatic rings. The van der Waals surface area contributed by atoms with Crippen LogP contribution in [0.15, 0.2) is 57.7 Å². The summed E-state index contributed by atoms with van der Waals surface area (Å²) in [5.74, 6) is -0.274. The van der Waals surface area contributed by atoms with Crippen LogP contribution in [0.4, 0.5) is 5.69 Å². The van der Waals surface area contributed by atoms with Crippen LogP contribution in [-0.2, 0) is 9.59 Å². The van der Waals surface area contributed by atoms with Crippen LogP contribution < -0.4 is 5.01 Å². The van der Waals surface area contributed by atoms with Crippen molar-refractivity contribution in [3.63, 3.8) is 0 Å². The van der Waals surface area contributed by atoms with E-state index in [0.29, 0.717) is 43.7 Å². The van der Waals surface area contributed by atoms with Crippen LogP contribution in [0.1, 0.15) is 48.5 Å². The Balaban J connectivity index is 2.21. The number of hydrazone groups is 1. The van der Waals surface area contributed by atoms with Gasteiger partial charge in [-0.3, -0.25) is 9.59 Å². The number of hydrogen-bond donors (Lipinski definition) is 0. The Morgan fingerprint density at radius 1 is 0.900 bits per heavy atom. The van der Waals surface area contributed by atoms with Crippen molar-refractivity contribution < 1.29 is 9.59 Å². The third kappa shape index (κ3) is 4.03. The number of hydrogen-bond acceptors (Lipinski definition) is 3. The lowest BCUT2D eigenvalue weighted by molar-refractivity contribution is -0.115. The molecule has 0 radical (unpaired) electrons. The highest BCUT2D eigenvalue weighted by Crippen LogP contribution is 2.41. The second-order valence-electron chi connectivity index (χ2n) is 9.67. The number of carbonyl (C=O) groups excluding carboxylic acids is 2. The molecule has 0 saturated carbocycles. The number of nitrogens with zero attached hydrogens (tertiary/aromatic N) is 2. The smallest absolute Gasteiger partial charge is 0.281 e. The lowest BCUT2D eigenvalue weighted by atomic mass is 9.71. The zero-order chi connectivity index (χ0) is 22.6. The van der Waals surface area contributed by atoms with E-state index in [-0.39, 0.29) is 22.5 Å². The van der Waals surface area contributed by atoms with Gasteiger partial charge in [0.05, 0.1) is 22.0 Å². The molecular formula is C24H26Cl2N2O2. The molecule has 0 unspecified atom stereocenters. The second kappa shape index (κ2) is 7.51. The highest BCUT2D eigenvalue weighted by molar-refractivity contribution is 6.38. The van der Waals surface area contributed by atoms with E-state index in [1.807, 2.05) is 53.7 Å². The van der Waals surface area contributed by atoms with E-state index in [2.05, 4.69) is 5.10 Å². The van der Waals surface area contributed by atoms with Crippen molar-refractivity contribution in [1.82, 2.24) is 0 Å². The predicted molar refractivity (Wildman–Crippen MR) is 124 cm³/mol. The van der Waals surface area contributed by atoms with Crippen LogP contribution in [-0.4, -0.2) is 17.4 Å². The Morgan fingerprint density at radius 3 is 1.93 bits per heavy atom. The Labute approximate surface area is 187 Å². The van der Waals surface area contributed by atoms with Crippen LogP contribution >= 0.6 is 23.2 Å². The van der Waals surface area contributed by atoms with Crippen molar-refractivity contribution >= 4 is 46.3 Å². The Bertz CT molecular complexity index is 1040. The van der Waals surface area contributed by atoms with Crippen molar-refractivity contribution in [3.8, 4) is 0 Å². The molecule has 2 aliphatic rings. The molecule has 1 amide bonds. The van der Waals surface area contributed by atoms with E-state index >= 15 is 0 Å². The minimum atomic E-state index is -0.365. The van der Waals surface area contributed by atoms with Gasteiger partial charge in [-0.2, -0.15) is 10.1 Å². The summed E-state index contributed by atoms with van der Waals surface area (Å²) in [5.41, 5.74) is 2.77. The van der Waals surface area contributed by atoms with E-state index in [1.54, 1.807) is 25.1 Å². The van der Waals surface area contributed by atoms with Gasteiger partial charge in [-0.05, 0) is 53.7 Å². The number of Topliss-reactive ketones (excluding diaryl/α,β-unsaturated/α-hetero) is 1. The lowest BCUT2D eigenvalue weighted by Gasteiger charge is -2.31. The van der Waals surface area contributed by atoms with E-state index in [9.17, 15) is 9.59 Å². The maximum Gasteiger partial charge on any atom is 0.281 e. The van der Waals surface area contributed by atoms with Gasteiger partial charge in [0.25, 0.3) is 5.91 Å². The van der Waals surface area contributed by atoms with Crippen molar-refractivity contribution in [2.45, 2.75) is 48.5 Å². The Morgan fingerprint density at radius 2 is 1.43 bits per heavy atom. The van der Waals surface area contributed by atoms with Crippen LogP contribution in [0.5, 0.6) is 0 Å². The van der Waals surface area contributed by atoms with Gasteiger partial charge in [0.1, 0.15) is 0 Å². The number of carbonyl (C=O) groups is 2. The van der Waals surface area contributed by atoms with Crippen LogP contribution in [0.3, 0.4) is 0 Å². The van der Waals surface area contributed by atoms with Gasteiger partial charge in [-0.25, -0.2) is 0 Å². The number of halogens is 2. The normalized spacial score (nSPS) is 18.0. The Hall–Kier alpha value is -2.17. The van der Waals surface area contributed by atoms with Gasteiger partial charge >= 0.3 is 0 Å². The van der Waals surface area contributed by atoms with Gasteiger partial charge in [-0.15, -0.1) is 0 Å². The standard InChI is InChI=1S/C24H26Cl2N2O2/c1-13-20(22(30)28(27-13)19-12-15(25)8-9-18(19)26)14-10-16(23(2,3)4)21(29)17(11-14)24(5,6)7/h8-12H,1-7H3. The Kier molecular flexibility index (Phi) is 5.63. The van der Waals surface area contributed by atoms with Gasteiger partial charge < -0.3 is 0 Å². The largest absolute Gasteiger partial charge is 0.289 e. The molecule has 0 atom stereocenters. The van der Waals surface area contributed by atoms with E-state index in [1.165, 1.54) is 5.01 Å². The summed E-state index contributed by atoms with van der Waals surface area (Å²) in [4.78, 5) is 26.6. The molecule has 3 rings (SSSR count). The van der Waals surface area contributed by atoms with Crippen molar-refractivity contribution in [1.29, 1.82) is 0 Å². The molecule has 0 bridgehead atoms. The van der Waals surface area contributed by atoms with E-state index < -0.39 is 0 Å². The van der Waals surface area contributed by atoms with Crippen molar-refractivity contribution in [3.05, 3.63) is 62.7 Å². The molecule has 1 heterocycles. The molecule has 1 aliphatic carbocycles. The molecular weight excluding hydrogens is 419 g/mol. The van der Waals surface area contributed by atoms with Gasteiger partial charge in [-0.1, -0.05) is 64.7 Å². The van der Waals surface area contributed by atoms with Crippen LogP contribution in [0.2, 0.25) is 10.0 Å². The second-order valence-corrected chi connectivity index (χ2v) is 10.5. The number of allylic oxidation sites excluding steroid dienone is 5. The first-order valence-electron chi connectivity index (χ1n) is 9.80. The van der Waals surface area contributed by atoms with E-state index in [0.717, 1.165) is 0 Å². The molecule has 4 nitrogen and oxygen atoms in total. The third-order valence-corrected chi connectivity index (χ3v) is 5.70. The molecule has 30 heavy (non-hydrogen) atoms.